The van der Waals surface area contributed by atoms with Gasteiger partial charge in [0, 0.05) is 23.4 Å². The van der Waals surface area contributed by atoms with Crippen molar-refractivity contribution in [2.45, 2.75) is 24.4 Å². The number of anilines is 2. The zero-order valence-electron chi connectivity index (χ0n) is 18.2. The van der Waals surface area contributed by atoms with E-state index >= 15 is 0 Å². The van der Waals surface area contributed by atoms with Gasteiger partial charge in [0.25, 0.3) is 0 Å². The number of halogens is 1. The van der Waals surface area contributed by atoms with Crippen LogP contribution in [0.25, 0.3) is 0 Å². The highest BCUT2D eigenvalue weighted by molar-refractivity contribution is 7.98. The van der Waals surface area contributed by atoms with E-state index in [2.05, 4.69) is 16.0 Å². The maximum atomic E-state index is 14.2. The molecule has 170 valence electrons. The van der Waals surface area contributed by atoms with E-state index < -0.39 is 17.3 Å². The van der Waals surface area contributed by atoms with E-state index in [0.717, 1.165) is 12.2 Å². The molecule has 32 heavy (non-hydrogen) atoms. The lowest BCUT2D eigenvalue weighted by Gasteiger charge is -2.29. The molecule has 2 amide bonds. The van der Waals surface area contributed by atoms with Crippen molar-refractivity contribution in [3.05, 3.63) is 47.8 Å². The quantitative estimate of drug-likeness (QED) is 0.589. The number of rotatable bonds is 7. The minimum Gasteiger partial charge on any atom is -0.497 e. The van der Waals surface area contributed by atoms with Crippen LogP contribution < -0.4 is 25.4 Å². The van der Waals surface area contributed by atoms with Gasteiger partial charge in [-0.3, -0.25) is 14.9 Å². The topological polar surface area (TPSA) is 88.7 Å². The maximum absolute atomic E-state index is 14.2. The molecule has 3 atom stereocenters. The third kappa shape index (κ3) is 3.80. The molecule has 0 aliphatic carbocycles. The standard InChI is InChI=1S/C23H26FN3O4S/c1-30-15-5-7-20(31-2)19(12-15)25-21(28)17-11-14(8-9-32-3)27-23(17)16-10-13(24)4-6-18(16)26-22(23)29/h4-7,10,12,14,17,27H,8-9,11H2,1-3H3,(H,25,28)(H,26,29)/t14-,17+,23-/m1/s1. The summed E-state index contributed by atoms with van der Waals surface area (Å²) < 4.78 is 24.8. The van der Waals surface area contributed by atoms with E-state index in [0.29, 0.717) is 34.9 Å². The van der Waals surface area contributed by atoms with Crippen LogP contribution in [0.3, 0.4) is 0 Å². The summed E-state index contributed by atoms with van der Waals surface area (Å²) in [7, 11) is 3.05. The molecule has 2 aromatic rings. The molecule has 1 saturated heterocycles. The second-order valence-corrected chi connectivity index (χ2v) is 8.90. The second kappa shape index (κ2) is 8.99. The molecule has 9 heteroatoms. The Morgan fingerprint density at radius 3 is 2.78 bits per heavy atom. The predicted octanol–water partition coefficient (Wildman–Crippen LogP) is 3.36. The smallest absolute Gasteiger partial charge is 0.250 e. The Balaban J connectivity index is 1.72. The van der Waals surface area contributed by atoms with Gasteiger partial charge in [-0.2, -0.15) is 11.8 Å². The first-order valence-electron chi connectivity index (χ1n) is 10.3. The second-order valence-electron chi connectivity index (χ2n) is 7.92. The van der Waals surface area contributed by atoms with Crippen LogP contribution in [0, 0.1) is 11.7 Å². The van der Waals surface area contributed by atoms with Gasteiger partial charge in [0.2, 0.25) is 11.8 Å². The van der Waals surface area contributed by atoms with Gasteiger partial charge < -0.3 is 20.1 Å². The van der Waals surface area contributed by atoms with Crippen molar-refractivity contribution < 1.29 is 23.5 Å². The lowest BCUT2D eigenvalue weighted by Crippen LogP contribution is -2.52. The van der Waals surface area contributed by atoms with E-state index in [1.807, 2.05) is 6.26 Å². The number of carbonyl (C=O) groups excluding carboxylic acids is 2. The van der Waals surface area contributed by atoms with Gasteiger partial charge in [0.1, 0.15) is 22.9 Å². The summed E-state index contributed by atoms with van der Waals surface area (Å²) >= 11 is 1.70. The molecule has 0 unspecified atom stereocenters. The van der Waals surface area contributed by atoms with Gasteiger partial charge >= 0.3 is 0 Å². The number of benzene rings is 2. The fraction of sp³-hybridized carbons (Fsp3) is 0.391. The van der Waals surface area contributed by atoms with Crippen LogP contribution >= 0.6 is 11.8 Å². The maximum Gasteiger partial charge on any atom is 0.250 e. The summed E-state index contributed by atoms with van der Waals surface area (Å²) in [6.07, 6.45) is 3.24. The molecule has 0 radical (unpaired) electrons. The average molecular weight is 460 g/mol. The monoisotopic (exact) mass is 459 g/mol. The van der Waals surface area contributed by atoms with Gasteiger partial charge in [0.15, 0.2) is 0 Å². The third-order valence-corrected chi connectivity index (χ3v) is 6.78. The van der Waals surface area contributed by atoms with E-state index in [9.17, 15) is 14.0 Å². The van der Waals surface area contributed by atoms with Crippen LogP contribution in [0.1, 0.15) is 18.4 Å². The summed E-state index contributed by atoms with van der Waals surface area (Å²) in [4.78, 5) is 26.8. The van der Waals surface area contributed by atoms with E-state index in [-0.39, 0.29) is 17.9 Å². The fourth-order valence-electron chi connectivity index (χ4n) is 4.61. The Bertz CT molecular complexity index is 1050. The summed E-state index contributed by atoms with van der Waals surface area (Å²) in [6, 6.07) is 9.21. The number of methoxy groups -OCH3 is 2. The summed E-state index contributed by atoms with van der Waals surface area (Å²) in [5, 5.41) is 9.13. The number of carbonyl (C=O) groups is 2. The number of fused-ring (bicyclic) bond motifs is 2. The SMILES string of the molecule is COc1ccc(OC)c(NC(=O)[C@@H]2C[C@@H](CCSC)N[C@@]23C(=O)Nc2ccc(F)cc23)c1. The molecule has 0 saturated carbocycles. The third-order valence-electron chi connectivity index (χ3n) is 6.14. The highest BCUT2D eigenvalue weighted by atomic mass is 32.2. The number of hydrogen-bond acceptors (Lipinski definition) is 6. The van der Waals surface area contributed by atoms with Crippen LogP contribution in [0.5, 0.6) is 11.5 Å². The highest BCUT2D eigenvalue weighted by Crippen LogP contribution is 2.48. The highest BCUT2D eigenvalue weighted by Gasteiger charge is 2.60. The lowest BCUT2D eigenvalue weighted by atomic mass is 9.79. The van der Waals surface area contributed by atoms with Crippen molar-refractivity contribution in [2.24, 2.45) is 5.92 Å². The van der Waals surface area contributed by atoms with Crippen molar-refractivity contribution >= 4 is 35.0 Å². The normalized spacial score (nSPS) is 23.7. The van der Waals surface area contributed by atoms with Crippen molar-refractivity contribution in [1.82, 2.24) is 5.32 Å². The Morgan fingerprint density at radius 2 is 2.06 bits per heavy atom. The average Bonchev–Trinajstić information content (AvgIpc) is 3.31. The van der Waals surface area contributed by atoms with Gasteiger partial charge in [-0.25, -0.2) is 4.39 Å². The molecule has 2 aliphatic heterocycles. The minimum absolute atomic E-state index is 0.0645. The predicted molar refractivity (Wildman–Crippen MR) is 123 cm³/mol. The van der Waals surface area contributed by atoms with Gasteiger partial charge in [-0.05, 0) is 55.2 Å². The molecular weight excluding hydrogens is 433 g/mol. The Kier molecular flexibility index (Phi) is 6.30. The van der Waals surface area contributed by atoms with Crippen LogP contribution in [-0.2, 0) is 15.1 Å². The van der Waals surface area contributed by atoms with Gasteiger partial charge in [0.05, 0.1) is 25.8 Å². The van der Waals surface area contributed by atoms with E-state index in [1.54, 1.807) is 30.0 Å². The van der Waals surface area contributed by atoms with Crippen molar-refractivity contribution in [2.75, 3.05) is 36.9 Å². The van der Waals surface area contributed by atoms with Crippen molar-refractivity contribution in [3.63, 3.8) is 0 Å². The first-order chi connectivity index (χ1) is 15.4. The summed E-state index contributed by atoms with van der Waals surface area (Å²) in [5.41, 5.74) is 0.0898. The molecule has 1 spiro atoms. The van der Waals surface area contributed by atoms with E-state index in [1.165, 1.54) is 32.4 Å². The molecular formula is C23H26FN3O4S. The van der Waals surface area contributed by atoms with Gasteiger partial charge in [-0.15, -0.1) is 0 Å². The first kappa shape index (κ1) is 22.4. The van der Waals surface area contributed by atoms with E-state index in [4.69, 9.17) is 9.47 Å². The zero-order valence-corrected chi connectivity index (χ0v) is 19.0. The molecule has 2 aliphatic rings. The zero-order chi connectivity index (χ0) is 22.9. The number of thioether (sulfide) groups is 1. The van der Waals surface area contributed by atoms with Crippen molar-refractivity contribution in [3.8, 4) is 11.5 Å². The minimum atomic E-state index is -1.34. The van der Waals surface area contributed by atoms with Crippen LogP contribution in [0.4, 0.5) is 15.8 Å². The number of ether oxygens (including phenoxy) is 2. The molecule has 0 aromatic heterocycles. The Labute approximate surface area is 190 Å². The number of hydrogen-bond donors (Lipinski definition) is 3. The number of amides is 2. The number of nitrogens with one attached hydrogen (secondary N) is 3. The lowest BCUT2D eigenvalue weighted by molar-refractivity contribution is -0.130. The molecule has 2 aromatic carbocycles. The Morgan fingerprint density at radius 1 is 1.25 bits per heavy atom. The molecule has 4 rings (SSSR count). The molecule has 0 bridgehead atoms. The van der Waals surface area contributed by atoms with Crippen molar-refractivity contribution in [1.29, 1.82) is 0 Å². The molecule has 7 nitrogen and oxygen atoms in total. The summed E-state index contributed by atoms with van der Waals surface area (Å²) in [5.74, 6) is 0.0229. The first-order valence-corrected chi connectivity index (χ1v) is 11.7. The van der Waals surface area contributed by atoms with Gasteiger partial charge in [-0.1, -0.05) is 0 Å². The Hall–Kier alpha value is -2.78. The van der Waals surface area contributed by atoms with Crippen LogP contribution in [0.2, 0.25) is 0 Å². The fourth-order valence-corrected chi connectivity index (χ4v) is 5.13. The largest absolute Gasteiger partial charge is 0.497 e. The molecule has 3 N–H and O–H groups in total. The van der Waals surface area contributed by atoms with Crippen LogP contribution in [-0.4, -0.2) is 44.1 Å². The molecule has 2 heterocycles. The molecule has 1 fully saturated rings. The van der Waals surface area contributed by atoms with Crippen LogP contribution in [0.15, 0.2) is 36.4 Å². The summed E-state index contributed by atoms with van der Waals surface area (Å²) in [6.45, 7) is 0.